The molecule has 1 aromatic heterocycles. The van der Waals surface area contributed by atoms with E-state index in [2.05, 4.69) is 10.3 Å². The van der Waals surface area contributed by atoms with E-state index in [4.69, 9.17) is 5.73 Å². The number of carbonyl (C=O) groups is 1. The van der Waals surface area contributed by atoms with Crippen LogP contribution in [-0.2, 0) is 4.79 Å². The highest BCUT2D eigenvalue weighted by Crippen LogP contribution is 2.15. The lowest BCUT2D eigenvalue weighted by Crippen LogP contribution is -2.39. The summed E-state index contributed by atoms with van der Waals surface area (Å²) in [5.41, 5.74) is 7.48. The minimum Gasteiger partial charge on any atom is -0.325 e. The van der Waals surface area contributed by atoms with Crippen LogP contribution in [0.3, 0.4) is 0 Å². The third kappa shape index (κ3) is 3.20. The Bertz CT molecular complexity index is 548. The van der Waals surface area contributed by atoms with Gasteiger partial charge in [-0.2, -0.15) is 0 Å². The number of anilines is 1. The molecule has 0 fully saturated rings. The maximum atomic E-state index is 11.9. The van der Waals surface area contributed by atoms with Gasteiger partial charge in [-0.05, 0) is 24.1 Å². The van der Waals surface area contributed by atoms with E-state index in [-0.39, 0.29) is 11.8 Å². The summed E-state index contributed by atoms with van der Waals surface area (Å²) in [6, 6.07) is 7.04. The van der Waals surface area contributed by atoms with Crippen LogP contribution in [0.1, 0.15) is 13.8 Å². The second-order valence-corrected chi connectivity index (χ2v) is 4.78. The Morgan fingerprint density at radius 1 is 1.42 bits per heavy atom. The number of carbonyl (C=O) groups excluding carboxylic acids is 1. The molecule has 1 atom stereocenters. The van der Waals surface area contributed by atoms with Crippen molar-refractivity contribution in [1.82, 2.24) is 9.55 Å². The molecule has 0 bridgehead atoms. The Morgan fingerprint density at radius 2 is 2.21 bits per heavy atom. The molecule has 19 heavy (non-hydrogen) atoms. The van der Waals surface area contributed by atoms with Crippen LogP contribution in [-0.4, -0.2) is 21.5 Å². The predicted octanol–water partition coefficient (Wildman–Crippen LogP) is 1.79. The van der Waals surface area contributed by atoms with Crippen molar-refractivity contribution in [3.05, 3.63) is 43.0 Å². The molecule has 0 aliphatic rings. The fraction of sp³-hybridized carbons (Fsp3) is 0.286. The van der Waals surface area contributed by atoms with Crippen molar-refractivity contribution in [2.24, 2.45) is 11.7 Å². The molecule has 1 aromatic carbocycles. The van der Waals surface area contributed by atoms with Crippen LogP contribution in [0.2, 0.25) is 0 Å². The quantitative estimate of drug-likeness (QED) is 0.878. The topological polar surface area (TPSA) is 72.9 Å². The number of nitrogens with one attached hydrogen (secondary N) is 1. The van der Waals surface area contributed by atoms with Crippen LogP contribution in [0, 0.1) is 5.92 Å². The van der Waals surface area contributed by atoms with Crippen molar-refractivity contribution in [2.75, 3.05) is 5.32 Å². The molecule has 0 spiro atoms. The van der Waals surface area contributed by atoms with E-state index in [9.17, 15) is 4.79 Å². The van der Waals surface area contributed by atoms with Crippen LogP contribution in [0.4, 0.5) is 5.69 Å². The van der Waals surface area contributed by atoms with E-state index in [0.717, 1.165) is 11.4 Å². The number of aromatic nitrogens is 2. The smallest absolute Gasteiger partial charge is 0.241 e. The molecule has 0 radical (unpaired) electrons. The standard InChI is InChI=1S/C14H18N4O/c1-10(2)13(15)14(19)17-11-4-3-5-12(8-11)18-7-6-16-9-18/h3-10,13H,15H2,1-2H3,(H,17,19)/t13-/m0/s1. The zero-order valence-electron chi connectivity index (χ0n) is 11.1. The summed E-state index contributed by atoms with van der Waals surface area (Å²) in [6.07, 6.45) is 5.27. The normalized spacial score (nSPS) is 12.4. The molecule has 0 saturated heterocycles. The maximum absolute atomic E-state index is 11.9. The second kappa shape index (κ2) is 5.67. The van der Waals surface area contributed by atoms with E-state index in [1.165, 1.54) is 0 Å². The number of rotatable bonds is 4. The molecule has 0 unspecified atom stereocenters. The van der Waals surface area contributed by atoms with Gasteiger partial charge in [-0.3, -0.25) is 4.79 Å². The monoisotopic (exact) mass is 258 g/mol. The maximum Gasteiger partial charge on any atom is 0.241 e. The average molecular weight is 258 g/mol. The van der Waals surface area contributed by atoms with Crippen LogP contribution in [0.25, 0.3) is 5.69 Å². The molecule has 1 heterocycles. The van der Waals surface area contributed by atoms with Gasteiger partial charge in [-0.25, -0.2) is 4.98 Å². The highest BCUT2D eigenvalue weighted by atomic mass is 16.2. The van der Waals surface area contributed by atoms with Crippen LogP contribution in [0.5, 0.6) is 0 Å². The Hall–Kier alpha value is -2.14. The summed E-state index contributed by atoms with van der Waals surface area (Å²) in [4.78, 5) is 15.9. The molecule has 5 heteroatoms. The van der Waals surface area contributed by atoms with Gasteiger partial charge in [0.15, 0.2) is 0 Å². The van der Waals surface area contributed by atoms with E-state index in [0.29, 0.717) is 0 Å². The number of amides is 1. The summed E-state index contributed by atoms with van der Waals surface area (Å²) in [7, 11) is 0. The first-order chi connectivity index (χ1) is 9.08. The van der Waals surface area contributed by atoms with Crippen molar-refractivity contribution >= 4 is 11.6 Å². The summed E-state index contributed by atoms with van der Waals surface area (Å²) in [5.74, 6) is -0.0605. The van der Waals surface area contributed by atoms with Crippen LogP contribution in [0.15, 0.2) is 43.0 Å². The zero-order valence-corrected chi connectivity index (χ0v) is 11.1. The van der Waals surface area contributed by atoms with Crippen molar-refractivity contribution in [2.45, 2.75) is 19.9 Å². The molecule has 2 rings (SSSR count). The molecule has 0 saturated carbocycles. The first-order valence-electron chi connectivity index (χ1n) is 6.23. The van der Waals surface area contributed by atoms with E-state index < -0.39 is 6.04 Å². The number of nitrogens with two attached hydrogens (primary N) is 1. The Kier molecular flexibility index (Phi) is 3.97. The fourth-order valence-electron chi connectivity index (χ4n) is 1.68. The van der Waals surface area contributed by atoms with Gasteiger partial charge in [0.1, 0.15) is 0 Å². The first kappa shape index (κ1) is 13.3. The number of benzene rings is 1. The summed E-state index contributed by atoms with van der Waals surface area (Å²) in [6.45, 7) is 3.85. The molecule has 5 nitrogen and oxygen atoms in total. The molecular weight excluding hydrogens is 240 g/mol. The number of nitrogens with zero attached hydrogens (tertiary/aromatic N) is 2. The van der Waals surface area contributed by atoms with Gasteiger partial charge < -0.3 is 15.6 Å². The van der Waals surface area contributed by atoms with Gasteiger partial charge in [0.05, 0.1) is 12.4 Å². The minimum atomic E-state index is -0.503. The van der Waals surface area contributed by atoms with Crippen molar-refractivity contribution in [1.29, 1.82) is 0 Å². The van der Waals surface area contributed by atoms with Gasteiger partial charge in [0.2, 0.25) is 5.91 Å². The molecule has 2 aromatic rings. The molecule has 0 aliphatic heterocycles. The fourth-order valence-corrected chi connectivity index (χ4v) is 1.68. The van der Waals surface area contributed by atoms with Gasteiger partial charge in [-0.1, -0.05) is 19.9 Å². The van der Waals surface area contributed by atoms with Crippen molar-refractivity contribution in [3.63, 3.8) is 0 Å². The largest absolute Gasteiger partial charge is 0.325 e. The molecule has 100 valence electrons. The molecular formula is C14H18N4O. The first-order valence-corrected chi connectivity index (χ1v) is 6.23. The summed E-state index contributed by atoms with van der Waals surface area (Å²) in [5, 5.41) is 2.83. The van der Waals surface area contributed by atoms with Crippen LogP contribution >= 0.6 is 0 Å². The number of hydrogen-bond donors (Lipinski definition) is 2. The van der Waals surface area contributed by atoms with E-state index in [1.807, 2.05) is 48.9 Å². The lowest BCUT2D eigenvalue weighted by Gasteiger charge is -2.15. The molecule has 1 amide bonds. The van der Waals surface area contributed by atoms with Gasteiger partial charge in [0.25, 0.3) is 0 Å². The summed E-state index contributed by atoms with van der Waals surface area (Å²) < 4.78 is 1.87. The third-order valence-corrected chi connectivity index (χ3v) is 2.94. The average Bonchev–Trinajstić information content (AvgIpc) is 2.91. The molecule has 3 N–H and O–H groups in total. The Labute approximate surface area is 112 Å². The lowest BCUT2D eigenvalue weighted by molar-refractivity contribution is -0.118. The SMILES string of the molecule is CC(C)[C@H](N)C(=O)Nc1cccc(-n2ccnc2)c1. The Balaban J connectivity index is 2.14. The lowest BCUT2D eigenvalue weighted by atomic mass is 10.0. The zero-order chi connectivity index (χ0) is 13.8. The minimum absolute atomic E-state index is 0.108. The number of hydrogen-bond acceptors (Lipinski definition) is 3. The highest BCUT2D eigenvalue weighted by molar-refractivity contribution is 5.95. The van der Waals surface area contributed by atoms with Crippen LogP contribution < -0.4 is 11.1 Å². The predicted molar refractivity (Wildman–Crippen MR) is 75.0 cm³/mol. The Morgan fingerprint density at radius 3 is 2.84 bits per heavy atom. The second-order valence-electron chi connectivity index (χ2n) is 4.78. The van der Waals surface area contributed by atoms with Crippen molar-refractivity contribution in [3.8, 4) is 5.69 Å². The number of imidazole rings is 1. The van der Waals surface area contributed by atoms with Gasteiger partial charge in [0, 0.05) is 23.8 Å². The van der Waals surface area contributed by atoms with Crippen molar-refractivity contribution < 1.29 is 4.79 Å². The molecule has 0 aliphatic carbocycles. The van der Waals surface area contributed by atoms with Gasteiger partial charge in [-0.15, -0.1) is 0 Å². The third-order valence-electron chi connectivity index (χ3n) is 2.94. The van der Waals surface area contributed by atoms with E-state index in [1.54, 1.807) is 12.5 Å². The van der Waals surface area contributed by atoms with E-state index >= 15 is 0 Å². The highest BCUT2D eigenvalue weighted by Gasteiger charge is 2.17. The summed E-state index contributed by atoms with van der Waals surface area (Å²) >= 11 is 0. The van der Waals surface area contributed by atoms with Gasteiger partial charge >= 0.3 is 0 Å².